The Labute approximate surface area is 129 Å². The lowest BCUT2D eigenvalue weighted by molar-refractivity contribution is 1.14. The maximum absolute atomic E-state index is 5.98. The molecular weight excluding hydrogens is 276 g/mol. The molecule has 3 rings (SSSR count). The van der Waals surface area contributed by atoms with Gasteiger partial charge in [-0.1, -0.05) is 43.3 Å². The van der Waals surface area contributed by atoms with Gasteiger partial charge in [-0.3, -0.25) is 0 Å². The molecule has 0 aliphatic carbocycles. The number of hydrogen-bond acceptors (Lipinski definition) is 3. The molecule has 3 aromatic rings. The molecule has 0 fully saturated rings. The van der Waals surface area contributed by atoms with Crippen molar-refractivity contribution < 1.29 is 0 Å². The first-order chi connectivity index (χ1) is 10.2. The molecule has 106 valence electrons. The Bertz CT molecular complexity index is 757. The smallest absolute Gasteiger partial charge is 0.124 e. The van der Waals surface area contributed by atoms with Gasteiger partial charge in [0.05, 0.1) is 5.69 Å². The van der Waals surface area contributed by atoms with Gasteiger partial charge in [0.25, 0.3) is 0 Å². The molecule has 1 heterocycles. The van der Waals surface area contributed by atoms with Gasteiger partial charge in [-0.05, 0) is 30.5 Å². The third-order valence-electron chi connectivity index (χ3n) is 3.77. The van der Waals surface area contributed by atoms with Crippen LogP contribution in [-0.2, 0) is 6.42 Å². The van der Waals surface area contributed by atoms with Crippen LogP contribution < -0.4 is 5.73 Å². The minimum atomic E-state index is 0.816. The normalized spacial score (nSPS) is 10.8. The van der Waals surface area contributed by atoms with Crippen molar-refractivity contribution in [3.05, 3.63) is 59.0 Å². The summed E-state index contributed by atoms with van der Waals surface area (Å²) in [5, 5.41) is 3.13. The van der Waals surface area contributed by atoms with Crippen molar-refractivity contribution in [3.63, 3.8) is 0 Å². The van der Waals surface area contributed by atoms with E-state index < -0.39 is 0 Å². The number of anilines is 1. The quantitative estimate of drug-likeness (QED) is 0.696. The van der Waals surface area contributed by atoms with Crippen molar-refractivity contribution >= 4 is 17.0 Å². The highest BCUT2D eigenvalue weighted by Gasteiger charge is 2.10. The number of nitrogen functional groups attached to an aromatic ring is 1. The lowest BCUT2D eigenvalue weighted by atomic mass is 10.1. The number of benzene rings is 2. The van der Waals surface area contributed by atoms with Crippen molar-refractivity contribution in [3.8, 4) is 21.8 Å². The topological polar surface area (TPSA) is 38.9 Å². The molecule has 0 atom stereocenters. The average molecular weight is 294 g/mol. The number of hydrogen-bond donors (Lipinski definition) is 1. The van der Waals surface area contributed by atoms with Crippen molar-refractivity contribution in [2.45, 2.75) is 20.3 Å². The molecule has 3 heteroatoms. The molecule has 21 heavy (non-hydrogen) atoms. The molecule has 0 spiro atoms. The largest absolute Gasteiger partial charge is 0.398 e. The van der Waals surface area contributed by atoms with E-state index in [4.69, 9.17) is 10.7 Å². The Morgan fingerprint density at radius 2 is 1.86 bits per heavy atom. The van der Waals surface area contributed by atoms with Crippen LogP contribution in [0.4, 0.5) is 5.69 Å². The highest BCUT2D eigenvalue weighted by Crippen LogP contribution is 2.32. The fourth-order valence-electron chi connectivity index (χ4n) is 2.33. The second kappa shape index (κ2) is 5.70. The Morgan fingerprint density at radius 3 is 2.57 bits per heavy atom. The summed E-state index contributed by atoms with van der Waals surface area (Å²) >= 11 is 1.66. The molecule has 0 saturated heterocycles. The first-order valence-corrected chi connectivity index (χ1v) is 7.97. The van der Waals surface area contributed by atoms with E-state index in [-0.39, 0.29) is 0 Å². The molecule has 2 nitrogen and oxygen atoms in total. The minimum absolute atomic E-state index is 0.816. The van der Waals surface area contributed by atoms with E-state index in [2.05, 4.69) is 42.6 Å². The molecule has 0 amide bonds. The summed E-state index contributed by atoms with van der Waals surface area (Å²) in [5.74, 6) is 0. The molecule has 0 saturated carbocycles. The number of nitrogens with zero attached hydrogens (tertiary/aromatic N) is 1. The van der Waals surface area contributed by atoms with E-state index >= 15 is 0 Å². The molecule has 0 bridgehead atoms. The number of thiazole rings is 1. The van der Waals surface area contributed by atoms with Crippen LogP contribution in [0.3, 0.4) is 0 Å². The van der Waals surface area contributed by atoms with Gasteiger partial charge >= 0.3 is 0 Å². The van der Waals surface area contributed by atoms with Crippen LogP contribution in [0.5, 0.6) is 0 Å². The number of aryl methyl sites for hydroxylation is 1. The molecule has 1 aromatic heterocycles. The van der Waals surface area contributed by atoms with E-state index in [1.807, 2.05) is 19.1 Å². The van der Waals surface area contributed by atoms with Crippen molar-refractivity contribution in [1.82, 2.24) is 4.98 Å². The van der Waals surface area contributed by atoms with E-state index in [0.29, 0.717) is 0 Å². The van der Waals surface area contributed by atoms with Crippen LogP contribution in [0, 0.1) is 6.92 Å². The zero-order valence-corrected chi connectivity index (χ0v) is 13.1. The van der Waals surface area contributed by atoms with Crippen LogP contribution >= 0.6 is 11.3 Å². The number of nitrogens with two attached hydrogens (primary N) is 1. The van der Waals surface area contributed by atoms with Gasteiger partial charge in [-0.25, -0.2) is 4.98 Å². The average Bonchev–Trinajstić information content (AvgIpc) is 3.00. The van der Waals surface area contributed by atoms with Gasteiger partial charge in [-0.2, -0.15) is 0 Å². The van der Waals surface area contributed by atoms with E-state index in [1.165, 1.54) is 5.56 Å². The van der Waals surface area contributed by atoms with E-state index in [0.717, 1.165) is 39.5 Å². The lowest BCUT2D eigenvalue weighted by Gasteiger charge is -2.05. The Kier molecular flexibility index (Phi) is 3.76. The summed E-state index contributed by atoms with van der Waals surface area (Å²) in [4.78, 5) is 4.77. The molecule has 0 radical (unpaired) electrons. The minimum Gasteiger partial charge on any atom is -0.398 e. The van der Waals surface area contributed by atoms with Gasteiger partial charge < -0.3 is 5.73 Å². The van der Waals surface area contributed by atoms with Crippen LogP contribution in [-0.4, -0.2) is 4.98 Å². The zero-order valence-electron chi connectivity index (χ0n) is 12.3. The SMILES string of the molecule is CCc1ccc(-c2csc(-c3cccc(N)c3C)n2)cc1. The van der Waals surface area contributed by atoms with Gasteiger partial charge in [0.1, 0.15) is 5.01 Å². The van der Waals surface area contributed by atoms with Crippen LogP contribution in [0.2, 0.25) is 0 Å². The van der Waals surface area contributed by atoms with Gasteiger partial charge in [0, 0.05) is 22.2 Å². The van der Waals surface area contributed by atoms with Gasteiger partial charge in [-0.15, -0.1) is 11.3 Å². The highest BCUT2D eigenvalue weighted by atomic mass is 32.1. The lowest BCUT2D eigenvalue weighted by Crippen LogP contribution is -1.91. The third-order valence-corrected chi connectivity index (χ3v) is 4.64. The van der Waals surface area contributed by atoms with Crippen LogP contribution in [0.1, 0.15) is 18.1 Å². The summed E-state index contributed by atoms with van der Waals surface area (Å²) in [7, 11) is 0. The van der Waals surface area contributed by atoms with E-state index in [1.54, 1.807) is 11.3 Å². The number of aromatic nitrogens is 1. The van der Waals surface area contributed by atoms with Crippen LogP contribution in [0.25, 0.3) is 21.8 Å². The zero-order chi connectivity index (χ0) is 14.8. The summed E-state index contributed by atoms with van der Waals surface area (Å²) in [6.45, 7) is 4.21. The van der Waals surface area contributed by atoms with Gasteiger partial charge in [0.15, 0.2) is 0 Å². The second-order valence-corrected chi connectivity index (χ2v) is 5.97. The molecular formula is C18H18N2S. The summed E-state index contributed by atoms with van der Waals surface area (Å²) in [6.07, 6.45) is 1.06. The first-order valence-electron chi connectivity index (χ1n) is 7.09. The van der Waals surface area contributed by atoms with Crippen molar-refractivity contribution in [1.29, 1.82) is 0 Å². The standard InChI is InChI=1S/C18H18N2S/c1-3-13-7-9-14(10-8-13)17-11-21-18(20-17)15-5-4-6-16(19)12(15)2/h4-11H,3,19H2,1-2H3. The van der Waals surface area contributed by atoms with E-state index in [9.17, 15) is 0 Å². The third kappa shape index (κ3) is 2.69. The monoisotopic (exact) mass is 294 g/mol. The molecule has 0 unspecified atom stereocenters. The number of rotatable bonds is 3. The highest BCUT2D eigenvalue weighted by molar-refractivity contribution is 7.13. The summed E-state index contributed by atoms with van der Waals surface area (Å²) in [6, 6.07) is 14.6. The Balaban J connectivity index is 1.97. The fourth-order valence-corrected chi connectivity index (χ4v) is 3.24. The Morgan fingerprint density at radius 1 is 1.10 bits per heavy atom. The summed E-state index contributed by atoms with van der Waals surface area (Å²) in [5.41, 5.74) is 12.6. The summed E-state index contributed by atoms with van der Waals surface area (Å²) < 4.78 is 0. The molecule has 0 aliphatic heterocycles. The predicted molar refractivity (Wildman–Crippen MR) is 91.5 cm³/mol. The predicted octanol–water partition coefficient (Wildman–Crippen LogP) is 4.93. The second-order valence-electron chi connectivity index (χ2n) is 5.11. The Hall–Kier alpha value is -2.13. The van der Waals surface area contributed by atoms with Crippen molar-refractivity contribution in [2.75, 3.05) is 5.73 Å². The van der Waals surface area contributed by atoms with Gasteiger partial charge in [0.2, 0.25) is 0 Å². The molecule has 2 aromatic carbocycles. The first kappa shape index (κ1) is 13.8. The maximum atomic E-state index is 5.98. The fraction of sp³-hybridized carbons (Fsp3) is 0.167. The molecule has 2 N–H and O–H groups in total. The van der Waals surface area contributed by atoms with Crippen LogP contribution in [0.15, 0.2) is 47.8 Å². The van der Waals surface area contributed by atoms with Crippen molar-refractivity contribution in [2.24, 2.45) is 0 Å². The molecule has 0 aliphatic rings. The maximum Gasteiger partial charge on any atom is 0.124 e.